The highest BCUT2D eigenvalue weighted by molar-refractivity contribution is 5.63. The zero-order valence-electron chi connectivity index (χ0n) is 23.7. The summed E-state index contributed by atoms with van der Waals surface area (Å²) in [7, 11) is 1.46. The summed E-state index contributed by atoms with van der Waals surface area (Å²) in [6, 6.07) is 3.03. The molecule has 220 valence electrons. The molecular weight excluding hydrogens is 536 g/mol. The van der Waals surface area contributed by atoms with Crippen LogP contribution >= 0.6 is 0 Å². The molecule has 3 aliphatic heterocycles. The van der Waals surface area contributed by atoms with Gasteiger partial charge in [-0.1, -0.05) is 6.92 Å². The van der Waals surface area contributed by atoms with Crippen LogP contribution in [-0.2, 0) is 11.8 Å². The van der Waals surface area contributed by atoms with Crippen molar-refractivity contribution in [1.82, 2.24) is 34.7 Å². The summed E-state index contributed by atoms with van der Waals surface area (Å²) in [6.45, 7) is 8.82. The van der Waals surface area contributed by atoms with Gasteiger partial charge in [0.25, 0.3) is 0 Å². The third-order valence-electron chi connectivity index (χ3n) is 8.26. The van der Waals surface area contributed by atoms with Gasteiger partial charge in [-0.25, -0.2) is 18.6 Å². The lowest BCUT2D eigenvalue weighted by Gasteiger charge is -2.47. The van der Waals surface area contributed by atoms with E-state index in [4.69, 9.17) is 9.47 Å². The van der Waals surface area contributed by atoms with E-state index in [0.717, 1.165) is 41.4 Å². The second-order valence-corrected chi connectivity index (χ2v) is 12.3. The van der Waals surface area contributed by atoms with Crippen LogP contribution < -0.4 is 21.1 Å². The minimum absolute atomic E-state index is 0.00407. The lowest BCUT2D eigenvalue weighted by atomic mass is 9.84. The van der Waals surface area contributed by atoms with Gasteiger partial charge in [0.2, 0.25) is 5.95 Å². The molecule has 3 saturated heterocycles. The SMILES string of the molecule is Cn1nnn(-c2cc(Nc3ncc(F)c(N[C@@H]4C[C@@H]5CCCN5C(C)(C)C4)n3)c(F)cc2OCC2(C)COC2)c1=O. The molecule has 1 aromatic carbocycles. The summed E-state index contributed by atoms with van der Waals surface area (Å²) in [6.07, 6.45) is 5.09. The molecule has 6 rings (SSSR count). The molecule has 12 nitrogen and oxygen atoms in total. The fraction of sp³-hybridized carbons (Fsp3) is 0.593. The molecule has 0 saturated carbocycles. The standard InChI is InChI=1S/C27H35F2N9O3/c1-26(2)11-16(8-17-6-5-7-37(17)26)31-23-19(29)12-30-24(33-23)32-20-10-21(38-25(39)36(4)34-35-38)22(9-18(20)28)41-15-27(3)13-40-14-27/h9-10,12,16-17H,5-8,11,13-15H2,1-4H3,(H2,30,31,32,33)/t16-,17+/m1/s1. The third kappa shape index (κ3) is 5.37. The number of halogens is 2. The van der Waals surface area contributed by atoms with Crippen molar-refractivity contribution >= 4 is 17.5 Å². The molecule has 2 aromatic heterocycles. The largest absolute Gasteiger partial charge is 0.490 e. The molecule has 2 N–H and O–H groups in total. The van der Waals surface area contributed by atoms with Gasteiger partial charge in [-0.2, -0.15) is 14.3 Å². The van der Waals surface area contributed by atoms with E-state index >= 15 is 4.39 Å². The number of rotatable bonds is 8. The maximum Gasteiger partial charge on any atom is 0.368 e. The number of anilines is 3. The summed E-state index contributed by atoms with van der Waals surface area (Å²) in [5.74, 6) is -1.10. The van der Waals surface area contributed by atoms with Crippen LogP contribution in [0.15, 0.2) is 23.1 Å². The Labute approximate surface area is 236 Å². The number of benzene rings is 1. The summed E-state index contributed by atoms with van der Waals surface area (Å²) in [4.78, 5) is 23.6. The molecule has 3 aliphatic rings. The number of tetrazole rings is 1. The van der Waals surface area contributed by atoms with Gasteiger partial charge >= 0.3 is 5.69 Å². The van der Waals surface area contributed by atoms with Crippen molar-refractivity contribution in [1.29, 1.82) is 0 Å². The summed E-state index contributed by atoms with van der Waals surface area (Å²) in [5.41, 5.74) is -0.617. The van der Waals surface area contributed by atoms with Gasteiger partial charge in [0.1, 0.15) is 11.4 Å². The molecular formula is C27H35F2N9O3. The van der Waals surface area contributed by atoms with E-state index in [2.05, 4.69) is 49.8 Å². The van der Waals surface area contributed by atoms with Crippen molar-refractivity contribution in [3.8, 4) is 11.4 Å². The summed E-state index contributed by atoms with van der Waals surface area (Å²) < 4.78 is 43.5. The molecule has 3 fully saturated rings. The predicted octanol–water partition coefficient (Wildman–Crippen LogP) is 3.01. The van der Waals surface area contributed by atoms with Crippen LogP contribution in [0.1, 0.15) is 46.5 Å². The van der Waals surface area contributed by atoms with Crippen molar-refractivity contribution in [2.24, 2.45) is 12.5 Å². The van der Waals surface area contributed by atoms with Crippen molar-refractivity contribution in [3.63, 3.8) is 0 Å². The number of hydrogen-bond acceptors (Lipinski definition) is 10. The third-order valence-corrected chi connectivity index (χ3v) is 8.26. The number of ether oxygens (including phenoxy) is 2. The van der Waals surface area contributed by atoms with Gasteiger partial charge in [0.05, 0.1) is 31.7 Å². The summed E-state index contributed by atoms with van der Waals surface area (Å²) >= 11 is 0. The first-order valence-electron chi connectivity index (χ1n) is 13.9. The van der Waals surface area contributed by atoms with Gasteiger partial charge in [0, 0.05) is 36.2 Å². The van der Waals surface area contributed by atoms with E-state index in [1.807, 2.05) is 6.92 Å². The van der Waals surface area contributed by atoms with Crippen molar-refractivity contribution in [2.45, 2.75) is 64.1 Å². The minimum Gasteiger partial charge on any atom is -0.490 e. The topological polar surface area (TPSA) is 124 Å². The number of piperidine rings is 1. The molecule has 41 heavy (non-hydrogen) atoms. The quantitative estimate of drug-likeness (QED) is 0.417. The number of nitrogens with one attached hydrogen (secondary N) is 2. The minimum atomic E-state index is -0.673. The molecule has 0 amide bonds. The van der Waals surface area contributed by atoms with Crippen LogP contribution in [0, 0.1) is 17.0 Å². The second-order valence-electron chi connectivity index (χ2n) is 12.3. The molecule has 3 aromatic rings. The predicted molar refractivity (Wildman–Crippen MR) is 147 cm³/mol. The Morgan fingerprint density at radius 3 is 2.68 bits per heavy atom. The van der Waals surface area contributed by atoms with E-state index in [1.165, 1.54) is 25.6 Å². The highest BCUT2D eigenvalue weighted by atomic mass is 19.1. The van der Waals surface area contributed by atoms with E-state index in [0.29, 0.717) is 19.3 Å². The molecule has 2 atom stereocenters. The van der Waals surface area contributed by atoms with Crippen LogP contribution in [0.4, 0.5) is 26.2 Å². The van der Waals surface area contributed by atoms with E-state index < -0.39 is 17.3 Å². The first kappa shape index (κ1) is 27.5. The van der Waals surface area contributed by atoms with Crippen LogP contribution in [0.25, 0.3) is 5.69 Å². The lowest BCUT2D eigenvalue weighted by molar-refractivity contribution is -0.120. The molecule has 0 aliphatic carbocycles. The number of hydrogen-bond donors (Lipinski definition) is 2. The van der Waals surface area contributed by atoms with Crippen LogP contribution in [-0.4, -0.2) is 78.6 Å². The zero-order valence-corrected chi connectivity index (χ0v) is 23.7. The van der Waals surface area contributed by atoms with Gasteiger partial charge in [0.15, 0.2) is 17.5 Å². The van der Waals surface area contributed by atoms with Crippen molar-refractivity contribution in [2.75, 3.05) is 37.0 Å². The first-order valence-corrected chi connectivity index (χ1v) is 13.9. The number of aromatic nitrogens is 6. The van der Waals surface area contributed by atoms with Crippen molar-refractivity contribution < 1.29 is 18.3 Å². The Morgan fingerprint density at radius 2 is 1.98 bits per heavy atom. The van der Waals surface area contributed by atoms with Crippen LogP contribution in [0.3, 0.4) is 0 Å². The maximum atomic E-state index is 15.4. The van der Waals surface area contributed by atoms with Crippen molar-refractivity contribution in [3.05, 3.63) is 40.4 Å². The Balaban J connectivity index is 1.26. The number of nitrogens with zero attached hydrogens (tertiary/aromatic N) is 7. The molecule has 0 unspecified atom stereocenters. The van der Waals surface area contributed by atoms with Gasteiger partial charge < -0.3 is 20.1 Å². The van der Waals surface area contributed by atoms with E-state index in [-0.39, 0.29) is 52.5 Å². The fourth-order valence-corrected chi connectivity index (χ4v) is 6.13. The smallest absolute Gasteiger partial charge is 0.368 e. The normalized spacial score (nSPS) is 23.1. The highest BCUT2D eigenvalue weighted by Crippen LogP contribution is 2.39. The number of fused-ring (bicyclic) bond motifs is 1. The molecule has 0 radical (unpaired) electrons. The van der Waals surface area contributed by atoms with Crippen LogP contribution in [0.5, 0.6) is 5.75 Å². The maximum absolute atomic E-state index is 15.4. The second kappa shape index (κ2) is 10.3. The average molecular weight is 572 g/mol. The average Bonchev–Trinajstić information content (AvgIpc) is 3.52. The van der Waals surface area contributed by atoms with Gasteiger partial charge in [-0.15, -0.1) is 0 Å². The Hall–Kier alpha value is -3.65. The van der Waals surface area contributed by atoms with E-state index in [1.54, 1.807) is 0 Å². The first-order chi connectivity index (χ1) is 19.5. The van der Waals surface area contributed by atoms with Gasteiger partial charge in [-0.05, 0) is 62.6 Å². The van der Waals surface area contributed by atoms with Crippen LogP contribution in [0.2, 0.25) is 0 Å². The Kier molecular flexibility index (Phi) is 6.92. The highest BCUT2D eigenvalue weighted by Gasteiger charge is 2.43. The Bertz CT molecular complexity index is 1500. The molecule has 14 heteroatoms. The molecule has 0 spiro atoms. The fourth-order valence-electron chi connectivity index (χ4n) is 6.13. The molecule has 0 bridgehead atoms. The summed E-state index contributed by atoms with van der Waals surface area (Å²) in [5, 5.41) is 13.8. The molecule has 5 heterocycles. The number of aryl methyl sites for hydroxylation is 1. The van der Waals surface area contributed by atoms with E-state index in [9.17, 15) is 9.18 Å². The zero-order chi connectivity index (χ0) is 28.9. The Morgan fingerprint density at radius 1 is 1.17 bits per heavy atom. The van der Waals surface area contributed by atoms with Gasteiger partial charge in [-0.3, -0.25) is 4.90 Å². The monoisotopic (exact) mass is 571 g/mol. The lowest BCUT2D eigenvalue weighted by Crippen LogP contribution is -2.55.